The molecule has 2 rings (SSSR count). The first-order valence-corrected chi connectivity index (χ1v) is 7.60. The Hall–Kier alpha value is -0.690. The maximum absolute atomic E-state index is 2.46. The number of allylic oxidation sites excluding steroid dienone is 2. The van der Waals surface area contributed by atoms with Crippen LogP contribution in [-0.4, -0.2) is 0 Å². The van der Waals surface area contributed by atoms with Crippen molar-refractivity contribution in [2.75, 3.05) is 0 Å². The van der Waals surface area contributed by atoms with Crippen LogP contribution in [0.1, 0.15) is 46.5 Å². The minimum atomic E-state index is 0.763. The van der Waals surface area contributed by atoms with Gasteiger partial charge in [-0.3, -0.25) is 0 Å². The van der Waals surface area contributed by atoms with Crippen LogP contribution in [0.25, 0.3) is 0 Å². The molecule has 0 nitrogen and oxygen atoms in total. The Bertz CT molecular complexity index is 327. The first-order valence-electron chi connectivity index (χ1n) is 6.78. The van der Waals surface area contributed by atoms with Crippen LogP contribution >= 0.6 is 11.8 Å². The Labute approximate surface area is 111 Å². The quantitative estimate of drug-likeness (QED) is 0.628. The minimum absolute atomic E-state index is 0.763. The van der Waals surface area contributed by atoms with E-state index in [1.54, 1.807) is 4.91 Å². The molecule has 1 unspecified atom stereocenters. The molecule has 0 saturated carbocycles. The second-order valence-corrected chi connectivity index (χ2v) is 5.47. The third-order valence-corrected chi connectivity index (χ3v) is 3.91. The Morgan fingerprint density at radius 3 is 2.47 bits per heavy atom. The van der Waals surface area contributed by atoms with Gasteiger partial charge in [-0.05, 0) is 42.2 Å². The van der Waals surface area contributed by atoms with E-state index in [0.29, 0.717) is 0 Å². The van der Waals surface area contributed by atoms with Crippen molar-refractivity contribution in [3.8, 4) is 0 Å². The van der Waals surface area contributed by atoms with Gasteiger partial charge in [0.25, 0.3) is 0 Å². The van der Waals surface area contributed by atoms with Crippen molar-refractivity contribution in [2.45, 2.75) is 51.3 Å². The monoisotopic (exact) mass is 248 g/mol. The van der Waals surface area contributed by atoms with E-state index >= 15 is 0 Å². The van der Waals surface area contributed by atoms with Gasteiger partial charge in [-0.25, -0.2) is 0 Å². The van der Waals surface area contributed by atoms with E-state index in [1.165, 1.54) is 30.6 Å². The van der Waals surface area contributed by atoms with Crippen molar-refractivity contribution in [1.29, 1.82) is 0 Å². The number of hydrogen-bond donors (Lipinski definition) is 0. The van der Waals surface area contributed by atoms with E-state index in [4.69, 9.17) is 0 Å². The van der Waals surface area contributed by atoms with Crippen LogP contribution < -0.4 is 0 Å². The molecule has 0 fully saturated rings. The molecule has 0 bridgehead atoms. The van der Waals surface area contributed by atoms with Crippen LogP contribution in [0.2, 0.25) is 0 Å². The summed E-state index contributed by atoms with van der Waals surface area (Å²) in [4.78, 5) is 2.93. The molecule has 0 aromatic heterocycles. The van der Waals surface area contributed by atoms with Gasteiger partial charge in [0.1, 0.15) is 0 Å². The first kappa shape index (κ1) is 14.4. The first-order chi connectivity index (χ1) is 8.34. The van der Waals surface area contributed by atoms with Crippen molar-refractivity contribution < 1.29 is 0 Å². The van der Waals surface area contributed by atoms with Crippen LogP contribution in [0.5, 0.6) is 0 Å². The van der Waals surface area contributed by atoms with Gasteiger partial charge in [0.15, 0.2) is 0 Å². The van der Waals surface area contributed by atoms with Gasteiger partial charge in [-0.2, -0.15) is 0 Å². The molecule has 0 heterocycles. The summed E-state index contributed by atoms with van der Waals surface area (Å²) < 4.78 is 0. The number of thioether (sulfide) groups is 1. The second-order valence-electron chi connectivity index (χ2n) is 4.27. The summed E-state index contributed by atoms with van der Waals surface area (Å²) in [5.41, 5.74) is 0. The fraction of sp³-hybridized carbons (Fsp3) is 0.500. The highest BCUT2D eigenvalue weighted by molar-refractivity contribution is 8.03. The van der Waals surface area contributed by atoms with Crippen LogP contribution in [0.4, 0.5) is 0 Å². The molecule has 0 radical (unpaired) electrons. The molecule has 0 amide bonds. The summed E-state index contributed by atoms with van der Waals surface area (Å²) in [6, 6.07) is 10.7. The highest BCUT2D eigenvalue weighted by Gasteiger charge is 2.08. The van der Waals surface area contributed by atoms with Crippen LogP contribution in [0, 0.1) is 5.92 Å². The van der Waals surface area contributed by atoms with Gasteiger partial charge in [-0.1, -0.05) is 63.2 Å². The molecule has 1 heteroatoms. The van der Waals surface area contributed by atoms with Crippen molar-refractivity contribution in [3.05, 3.63) is 41.3 Å². The average Bonchev–Trinajstić information content (AvgIpc) is 2.57. The molecule has 1 atom stereocenters. The molecule has 0 N–H and O–H groups in total. The van der Waals surface area contributed by atoms with E-state index < -0.39 is 0 Å². The number of rotatable bonds is 2. The third kappa shape index (κ3) is 5.45. The topological polar surface area (TPSA) is 0 Å². The van der Waals surface area contributed by atoms with Crippen LogP contribution in [-0.2, 0) is 0 Å². The Kier molecular flexibility index (Phi) is 7.11. The minimum Gasteiger partial charge on any atom is -0.0949 e. The Morgan fingerprint density at radius 2 is 1.76 bits per heavy atom. The lowest BCUT2D eigenvalue weighted by Crippen LogP contribution is -1.86. The second kappa shape index (κ2) is 8.41. The molecular weight excluding hydrogens is 224 g/mol. The molecular formula is C16H24S. The SMILES string of the molecule is CC.CC1C=C(Sc2ccccc2)CCCC1. The summed E-state index contributed by atoms with van der Waals surface area (Å²) in [6.07, 6.45) is 7.83. The van der Waals surface area contributed by atoms with Crippen molar-refractivity contribution in [1.82, 2.24) is 0 Å². The molecule has 0 saturated heterocycles. The van der Waals surface area contributed by atoms with Crippen LogP contribution in [0.15, 0.2) is 46.2 Å². The average molecular weight is 248 g/mol. The van der Waals surface area contributed by atoms with Gasteiger partial charge >= 0.3 is 0 Å². The lowest BCUT2D eigenvalue weighted by atomic mass is 10.1. The third-order valence-electron chi connectivity index (χ3n) is 2.80. The predicted molar refractivity (Wildman–Crippen MR) is 79.4 cm³/mol. The molecule has 0 spiro atoms. The van der Waals surface area contributed by atoms with Gasteiger partial charge in [-0.15, -0.1) is 0 Å². The highest BCUT2D eigenvalue weighted by Crippen LogP contribution is 2.33. The van der Waals surface area contributed by atoms with Crippen molar-refractivity contribution in [3.63, 3.8) is 0 Å². The maximum atomic E-state index is 2.46. The lowest BCUT2D eigenvalue weighted by Gasteiger charge is -2.05. The van der Waals surface area contributed by atoms with Gasteiger partial charge in [0, 0.05) is 4.90 Å². The summed E-state index contributed by atoms with van der Waals surface area (Å²) in [7, 11) is 0. The fourth-order valence-corrected chi connectivity index (χ4v) is 3.12. The molecule has 1 aromatic carbocycles. The summed E-state index contributed by atoms with van der Waals surface area (Å²) in [5, 5.41) is 0. The van der Waals surface area contributed by atoms with E-state index in [2.05, 4.69) is 43.3 Å². The fourth-order valence-electron chi connectivity index (χ4n) is 1.97. The number of hydrogen-bond acceptors (Lipinski definition) is 1. The summed E-state index contributed by atoms with van der Waals surface area (Å²) >= 11 is 1.94. The Balaban J connectivity index is 0.000000686. The molecule has 17 heavy (non-hydrogen) atoms. The smallest absolute Gasteiger partial charge is 0.0118 e. The molecule has 94 valence electrons. The largest absolute Gasteiger partial charge is 0.0949 e. The number of benzene rings is 1. The molecule has 1 aliphatic rings. The zero-order chi connectivity index (χ0) is 12.5. The maximum Gasteiger partial charge on any atom is 0.0118 e. The van der Waals surface area contributed by atoms with E-state index in [-0.39, 0.29) is 0 Å². The molecule has 1 aliphatic carbocycles. The van der Waals surface area contributed by atoms with Gasteiger partial charge in [0.2, 0.25) is 0 Å². The molecule has 1 aromatic rings. The van der Waals surface area contributed by atoms with E-state index in [1.807, 2.05) is 25.6 Å². The lowest BCUT2D eigenvalue weighted by molar-refractivity contribution is 0.604. The predicted octanol–water partition coefficient (Wildman–Crippen LogP) is 5.90. The zero-order valence-corrected chi connectivity index (χ0v) is 12.1. The molecule has 0 aliphatic heterocycles. The van der Waals surface area contributed by atoms with E-state index in [0.717, 1.165) is 5.92 Å². The Morgan fingerprint density at radius 1 is 1.06 bits per heavy atom. The van der Waals surface area contributed by atoms with Gasteiger partial charge < -0.3 is 0 Å². The summed E-state index contributed by atoms with van der Waals surface area (Å²) in [6.45, 7) is 6.33. The highest BCUT2D eigenvalue weighted by atomic mass is 32.2. The zero-order valence-electron chi connectivity index (χ0n) is 11.3. The summed E-state index contributed by atoms with van der Waals surface area (Å²) in [5.74, 6) is 0.763. The van der Waals surface area contributed by atoms with Crippen molar-refractivity contribution in [2.24, 2.45) is 5.92 Å². The van der Waals surface area contributed by atoms with Crippen LogP contribution in [0.3, 0.4) is 0 Å². The van der Waals surface area contributed by atoms with Gasteiger partial charge in [0.05, 0.1) is 0 Å². The normalized spacial score (nSPS) is 19.7. The van der Waals surface area contributed by atoms with E-state index in [9.17, 15) is 0 Å². The standard InChI is InChI=1S/C14H18S.C2H6/c1-12-7-5-6-10-14(11-12)15-13-8-3-2-4-9-13;1-2/h2-4,8-9,11-12H,5-7,10H2,1H3;1-2H3. The van der Waals surface area contributed by atoms with Crippen molar-refractivity contribution >= 4 is 11.8 Å².